The monoisotopic (exact) mass is 539 g/mol. The lowest BCUT2D eigenvalue weighted by Crippen LogP contribution is -2.40. The second-order valence-corrected chi connectivity index (χ2v) is 11.0. The zero-order valence-corrected chi connectivity index (χ0v) is 23.2. The van der Waals surface area contributed by atoms with E-state index >= 15 is 0 Å². The Balaban J connectivity index is 1.23. The van der Waals surface area contributed by atoms with E-state index < -0.39 is 6.04 Å². The second-order valence-electron chi connectivity index (χ2n) is 11.0. The second kappa shape index (κ2) is 13.6. The van der Waals surface area contributed by atoms with Gasteiger partial charge in [-0.05, 0) is 98.5 Å². The SMILES string of the molecule is NC1=C(NC(=O)/C=C/c2ccc(C(NCCN3CCCCC3)C(=O)Nc3ccc(C4CC4)cc3)cc2)C=CCC1. The van der Waals surface area contributed by atoms with Crippen LogP contribution in [0.5, 0.6) is 0 Å². The van der Waals surface area contributed by atoms with Crippen LogP contribution in [-0.2, 0) is 9.59 Å². The molecular weight excluding hydrogens is 498 g/mol. The van der Waals surface area contributed by atoms with Gasteiger partial charge in [0.1, 0.15) is 6.04 Å². The molecule has 1 saturated carbocycles. The number of anilines is 1. The number of rotatable bonds is 11. The minimum absolute atomic E-state index is 0.0770. The van der Waals surface area contributed by atoms with Crippen molar-refractivity contribution in [3.05, 3.63) is 94.8 Å². The number of allylic oxidation sites excluding steroid dienone is 3. The number of carbonyl (C=O) groups is 2. The first-order chi connectivity index (χ1) is 19.5. The van der Waals surface area contributed by atoms with Crippen LogP contribution in [0.3, 0.4) is 0 Å². The summed E-state index contributed by atoms with van der Waals surface area (Å²) in [4.78, 5) is 28.3. The zero-order valence-electron chi connectivity index (χ0n) is 23.2. The van der Waals surface area contributed by atoms with Gasteiger partial charge in [-0.1, -0.05) is 48.9 Å². The van der Waals surface area contributed by atoms with Crippen molar-refractivity contribution in [3.63, 3.8) is 0 Å². The molecule has 2 fully saturated rings. The first-order valence-corrected chi connectivity index (χ1v) is 14.7. The van der Waals surface area contributed by atoms with E-state index in [1.54, 1.807) is 6.08 Å². The summed E-state index contributed by atoms with van der Waals surface area (Å²) >= 11 is 0. The van der Waals surface area contributed by atoms with E-state index in [2.05, 4.69) is 33.0 Å². The standard InChI is InChI=1S/C33H41N5O2/c34-29-6-2-3-7-30(29)37-31(39)19-10-24-8-11-27(12-9-24)32(35-20-23-38-21-4-1-5-22-38)33(40)36-28-17-15-26(16-18-28)25-13-14-25/h3,7-12,15-19,25,32,35H,1-2,4-6,13-14,20-23,34H2,(H,36,40)(H,37,39)/b19-10+. The molecule has 1 heterocycles. The molecule has 3 aliphatic rings. The van der Waals surface area contributed by atoms with Crippen LogP contribution in [0.15, 0.2) is 78.2 Å². The van der Waals surface area contributed by atoms with Crippen molar-refractivity contribution in [2.45, 2.75) is 56.9 Å². The van der Waals surface area contributed by atoms with Crippen molar-refractivity contribution in [1.82, 2.24) is 15.5 Å². The van der Waals surface area contributed by atoms with Gasteiger partial charge in [0, 0.05) is 30.5 Å². The predicted molar refractivity (Wildman–Crippen MR) is 161 cm³/mol. The molecule has 1 saturated heterocycles. The third-order valence-electron chi connectivity index (χ3n) is 7.88. The van der Waals surface area contributed by atoms with E-state index in [9.17, 15) is 9.59 Å². The molecule has 1 aliphatic heterocycles. The zero-order chi connectivity index (χ0) is 27.7. The highest BCUT2D eigenvalue weighted by Gasteiger charge is 2.24. The van der Waals surface area contributed by atoms with Crippen molar-refractivity contribution in [1.29, 1.82) is 0 Å². The molecule has 0 spiro atoms. The van der Waals surface area contributed by atoms with Crippen LogP contribution < -0.4 is 21.7 Å². The van der Waals surface area contributed by atoms with Crippen LogP contribution in [0.25, 0.3) is 6.08 Å². The molecule has 0 radical (unpaired) electrons. The molecule has 2 amide bonds. The maximum atomic E-state index is 13.5. The Bertz CT molecular complexity index is 1250. The lowest BCUT2D eigenvalue weighted by molar-refractivity contribution is -0.118. The van der Waals surface area contributed by atoms with Gasteiger partial charge in [-0.2, -0.15) is 0 Å². The number of nitrogens with one attached hydrogen (secondary N) is 3. The summed E-state index contributed by atoms with van der Waals surface area (Å²) in [5, 5.41) is 9.46. The average Bonchev–Trinajstić information content (AvgIpc) is 3.83. The molecule has 210 valence electrons. The third-order valence-corrected chi connectivity index (χ3v) is 7.88. The minimum Gasteiger partial charge on any atom is -0.400 e. The summed E-state index contributed by atoms with van der Waals surface area (Å²) < 4.78 is 0. The third kappa shape index (κ3) is 7.93. The average molecular weight is 540 g/mol. The first-order valence-electron chi connectivity index (χ1n) is 14.7. The van der Waals surface area contributed by atoms with E-state index in [4.69, 9.17) is 5.73 Å². The first kappa shape index (κ1) is 27.9. The molecule has 40 heavy (non-hydrogen) atoms. The Morgan fingerprint density at radius 1 is 0.975 bits per heavy atom. The largest absolute Gasteiger partial charge is 0.400 e. The van der Waals surface area contributed by atoms with Gasteiger partial charge in [0.15, 0.2) is 0 Å². The minimum atomic E-state index is -0.484. The molecule has 1 unspecified atom stereocenters. The Morgan fingerprint density at radius 3 is 2.42 bits per heavy atom. The Hall–Kier alpha value is -3.68. The highest BCUT2D eigenvalue weighted by atomic mass is 16.2. The lowest BCUT2D eigenvalue weighted by Gasteiger charge is -2.27. The summed E-state index contributed by atoms with van der Waals surface area (Å²) in [6, 6.07) is 15.5. The van der Waals surface area contributed by atoms with E-state index in [0.29, 0.717) is 17.3 Å². The molecular formula is C33H41N5O2. The molecule has 2 aromatic carbocycles. The number of piperidine rings is 1. The summed E-state index contributed by atoms with van der Waals surface area (Å²) in [5.41, 5.74) is 11.3. The van der Waals surface area contributed by atoms with Gasteiger partial charge in [-0.15, -0.1) is 0 Å². The van der Waals surface area contributed by atoms with Crippen molar-refractivity contribution in [2.75, 3.05) is 31.5 Å². The summed E-state index contributed by atoms with van der Waals surface area (Å²) in [7, 11) is 0. The van der Waals surface area contributed by atoms with Crippen molar-refractivity contribution in [2.24, 2.45) is 5.73 Å². The number of carbonyl (C=O) groups excluding carboxylic acids is 2. The number of likely N-dealkylation sites (tertiary alicyclic amines) is 1. The van der Waals surface area contributed by atoms with Gasteiger partial charge in [0.2, 0.25) is 11.8 Å². The number of hydrogen-bond donors (Lipinski definition) is 4. The molecule has 1 atom stereocenters. The quantitative estimate of drug-likeness (QED) is 0.302. The molecule has 0 bridgehead atoms. The molecule has 2 aliphatic carbocycles. The highest BCUT2D eigenvalue weighted by molar-refractivity contribution is 5.96. The van der Waals surface area contributed by atoms with Crippen LogP contribution in [0.4, 0.5) is 5.69 Å². The Kier molecular flexibility index (Phi) is 9.47. The number of benzene rings is 2. The van der Waals surface area contributed by atoms with Crippen molar-refractivity contribution < 1.29 is 9.59 Å². The molecule has 2 aromatic rings. The van der Waals surface area contributed by atoms with Crippen molar-refractivity contribution >= 4 is 23.6 Å². The van der Waals surface area contributed by atoms with Crippen LogP contribution >= 0.6 is 0 Å². The smallest absolute Gasteiger partial charge is 0.248 e. The van der Waals surface area contributed by atoms with Gasteiger partial charge in [0.25, 0.3) is 0 Å². The van der Waals surface area contributed by atoms with Gasteiger partial charge in [-0.25, -0.2) is 0 Å². The maximum Gasteiger partial charge on any atom is 0.248 e. The van der Waals surface area contributed by atoms with E-state index in [0.717, 1.165) is 55.8 Å². The summed E-state index contributed by atoms with van der Waals surface area (Å²) in [6.45, 7) is 3.90. The summed E-state index contributed by atoms with van der Waals surface area (Å²) in [5.74, 6) is 0.386. The molecule has 5 N–H and O–H groups in total. The van der Waals surface area contributed by atoms with Gasteiger partial charge in [-0.3, -0.25) is 9.59 Å². The van der Waals surface area contributed by atoms with Crippen LogP contribution in [0.2, 0.25) is 0 Å². The van der Waals surface area contributed by atoms with E-state index in [1.165, 1.54) is 43.7 Å². The van der Waals surface area contributed by atoms with Crippen LogP contribution in [-0.4, -0.2) is 42.9 Å². The normalized spacial score (nSPS) is 18.6. The molecule has 7 heteroatoms. The van der Waals surface area contributed by atoms with Gasteiger partial charge in [0.05, 0.1) is 5.70 Å². The fourth-order valence-electron chi connectivity index (χ4n) is 5.33. The van der Waals surface area contributed by atoms with Crippen molar-refractivity contribution in [3.8, 4) is 0 Å². The highest BCUT2D eigenvalue weighted by Crippen LogP contribution is 2.40. The lowest BCUT2D eigenvalue weighted by atomic mass is 10.0. The van der Waals surface area contributed by atoms with Gasteiger partial charge < -0.3 is 26.6 Å². The molecule has 7 nitrogen and oxygen atoms in total. The van der Waals surface area contributed by atoms with Gasteiger partial charge >= 0.3 is 0 Å². The number of nitrogens with zero attached hydrogens (tertiary/aromatic N) is 1. The molecule has 5 rings (SSSR count). The Morgan fingerprint density at radius 2 is 1.73 bits per heavy atom. The topological polar surface area (TPSA) is 99.5 Å². The van der Waals surface area contributed by atoms with E-state index in [-0.39, 0.29) is 11.8 Å². The fraction of sp³-hybridized carbons (Fsp3) is 0.394. The van der Waals surface area contributed by atoms with E-state index in [1.807, 2.05) is 48.6 Å². The number of hydrogen-bond acceptors (Lipinski definition) is 5. The fourth-order valence-corrected chi connectivity index (χ4v) is 5.33. The van der Waals surface area contributed by atoms with Crippen LogP contribution in [0, 0.1) is 0 Å². The number of nitrogens with two attached hydrogens (primary N) is 1. The van der Waals surface area contributed by atoms with Crippen LogP contribution in [0.1, 0.15) is 73.6 Å². The summed E-state index contributed by atoms with van der Waals surface area (Å²) in [6.07, 6.45) is 15.1. The number of amides is 2. The Labute approximate surface area is 237 Å². The predicted octanol–water partition coefficient (Wildman–Crippen LogP) is 4.97. The molecule has 0 aromatic heterocycles. The maximum absolute atomic E-state index is 13.5.